The molecule has 6 rings (SSSR count). The smallest absolute Gasteiger partial charge is 0.152 e. The molecule has 8 nitrogen and oxygen atoms in total. The van der Waals surface area contributed by atoms with E-state index in [2.05, 4.69) is 44.0 Å². The van der Waals surface area contributed by atoms with E-state index in [1.165, 1.54) is 11.1 Å². The predicted octanol–water partition coefficient (Wildman–Crippen LogP) is 10.0. The number of azo groups is 1. The topological polar surface area (TPSA) is 109 Å². The molecular weight excluding hydrogens is 556 g/mol. The zero-order valence-corrected chi connectivity index (χ0v) is 23.7. The standard InChI is InChI=1S/C31H24N4O4S2/c1-18-3-9-22(10-4-18)32-24-13-8-21-16-28(41-39-38-37)29(30(36)25(21)17-24)35-34-23-11-6-20(7-12-23)31-33-26-14-5-19(2)15-27(26)40-31/h3-17,32,36-37H,1-2H3. The van der Waals surface area contributed by atoms with Gasteiger partial charge in [-0.15, -0.1) is 20.8 Å². The number of hydrogen-bond donors (Lipinski definition) is 3. The van der Waals surface area contributed by atoms with Crippen LogP contribution in [0.2, 0.25) is 0 Å². The average molecular weight is 581 g/mol. The van der Waals surface area contributed by atoms with Crippen LogP contribution in [0, 0.1) is 13.8 Å². The highest BCUT2D eigenvalue weighted by atomic mass is 32.2. The molecule has 0 saturated carbocycles. The van der Waals surface area contributed by atoms with Gasteiger partial charge in [-0.1, -0.05) is 34.9 Å². The maximum atomic E-state index is 11.3. The van der Waals surface area contributed by atoms with Gasteiger partial charge in [0.2, 0.25) is 0 Å². The van der Waals surface area contributed by atoms with E-state index in [-0.39, 0.29) is 11.4 Å². The number of anilines is 2. The zero-order valence-electron chi connectivity index (χ0n) is 22.0. The van der Waals surface area contributed by atoms with E-state index < -0.39 is 0 Å². The van der Waals surface area contributed by atoms with Crippen LogP contribution in [0.1, 0.15) is 11.1 Å². The van der Waals surface area contributed by atoms with Gasteiger partial charge in [-0.2, -0.15) is 5.11 Å². The van der Waals surface area contributed by atoms with Crippen molar-refractivity contribution in [2.75, 3.05) is 5.32 Å². The number of phenols is 1. The average Bonchev–Trinajstić information content (AvgIpc) is 3.41. The van der Waals surface area contributed by atoms with Gasteiger partial charge in [0.25, 0.3) is 0 Å². The molecule has 1 heterocycles. The fraction of sp³-hybridized carbons (Fsp3) is 0.0645. The van der Waals surface area contributed by atoms with Gasteiger partial charge in [0.15, 0.2) is 5.75 Å². The highest BCUT2D eigenvalue weighted by Crippen LogP contribution is 2.45. The molecule has 6 aromatic rings. The molecule has 41 heavy (non-hydrogen) atoms. The Kier molecular flexibility index (Phi) is 7.64. The first-order valence-electron chi connectivity index (χ1n) is 12.6. The summed E-state index contributed by atoms with van der Waals surface area (Å²) in [5.74, 6) is -0.0794. The van der Waals surface area contributed by atoms with Gasteiger partial charge in [0, 0.05) is 22.3 Å². The minimum absolute atomic E-state index is 0.0794. The van der Waals surface area contributed by atoms with E-state index in [1.54, 1.807) is 17.4 Å². The number of aromatic hydroxyl groups is 1. The predicted molar refractivity (Wildman–Crippen MR) is 165 cm³/mol. The molecule has 0 radical (unpaired) electrons. The van der Waals surface area contributed by atoms with Crippen LogP contribution in [0.25, 0.3) is 31.6 Å². The Bertz CT molecular complexity index is 1890. The van der Waals surface area contributed by atoms with Gasteiger partial charge < -0.3 is 10.4 Å². The quantitative estimate of drug-likeness (QED) is 0.0711. The summed E-state index contributed by atoms with van der Waals surface area (Å²) in [4.78, 5) is 5.15. The number of rotatable bonds is 8. The zero-order chi connectivity index (χ0) is 28.3. The Morgan fingerprint density at radius 2 is 1.59 bits per heavy atom. The molecule has 1 aromatic heterocycles. The van der Waals surface area contributed by atoms with Crippen LogP contribution in [0.5, 0.6) is 5.75 Å². The number of fused-ring (bicyclic) bond motifs is 2. The number of nitrogens with zero attached hydrogens (tertiary/aromatic N) is 3. The van der Waals surface area contributed by atoms with Crippen molar-refractivity contribution in [3.8, 4) is 16.3 Å². The van der Waals surface area contributed by atoms with Crippen molar-refractivity contribution < 1.29 is 19.7 Å². The van der Waals surface area contributed by atoms with Gasteiger partial charge >= 0.3 is 0 Å². The second-order valence-electron chi connectivity index (χ2n) is 9.46. The summed E-state index contributed by atoms with van der Waals surface area (Å²) >= 11 is 2.36. The summed E-state index contributed by atoms with van der Waals surface area (Å²) in [5.41, 5.74) is 6.83. The maximum absolute atomic E-state index is 11.3. The molecule has 0 bridgehead atoms. The van der Waals surface area contributed by atoms with E-state index in [0.29, 0.717) is 28.0 Å². The van der Waals surface area contributed by atoms with Gasteiger partial charge in [0.05, 0.1) is 32.8 Å². The van der Waals surface area contributed by atoms with E-state index in [4.69, 9.17) is 10.2 Å². The highest BCUT2D eigenvalue weighted by molar-refractivity contribution is 7.94. The van der Waals surface area contributed by atoms with Crippen molar-refractivity contribution >= 4 is 67.1 Å². The van der Waals surface area contributed by atoms with Crippen LogP contribution in [0.4, 0.5) is 22.7 Å². The fourth-order valence-electron chi connectivity index (χ4n) is 4.37. The van der Waals surface area contributed by atoms with Crippen LogP contribution < -0.4 is 5.32 Å². The van der Waals surface area contributed by atoms with E-state index in [0.717, 1.165) is 37.5 Å². The molecular formula is C31H24N4O4S2. The minimum atomic E-state index is -0.0794. The molecule has 0 amide bonds. The molecule has 0 fully saturated rings. The molecule has 5 aromatic carbocycles. The lowest BCUT2D eigenvalue weighted by atomic mass is 10.1. The van der Waals surface area contributed by atoms with Crippen molar-refractivity contribution in [3.05, 3.63) is 102 Å². The number of phenolic OH excluding ortho intramolecular Hbond substituents is 1. The van der Waals surface area contributed by atoms with Crippen LogP contribution >= 0.6 is 23.4 Å². The van der Waals surface area contributed by atoms with Crippen LogP contribution in [0.3, 0.4) is 0 Å². The van der Waals surface area contributed by atoms with Gasteiger partial charge in [-0.25, -0.2) is 10.2 Å². The van der Waals surface area contributed by atoms with Crippen LogP contribution in [-0.2, 0) is 9.37 Å². The number of aryl methyl sites for hydroxylation is 2. The van der Waals surface area contributed by atoms with E-state index in [1.807, 2.05) is 79.7 Å². The van der Waals surface area contributed by atoms with Crippen molar-refractivity contribution in [2.45, 2.75) is 18.7 Å². The Labute approximate surface area is 244 Å². The lowest BCUT2D eigenvalue weighted by Gasteiger charge is -2.12. The molecule has 0 unspecified atom stereocenters. The first-order valence-corrected chi connectivity index (χ1v) is 14.2. The van der Waals surface area contributed by atoms with E-state index >= 15 is 0 Å². The van der Waals surface area contributed by atoms with Gasteiger partial charge in [-0.05, 0) is 91.5 Å². The van der Waals surface area contributed by atoms with Crippen LogP contribution in [-0.4, -0.2) is 15.3 Å². The van der Waals surface area contributed by atoms with Crippen LogP contribution in [0.15, 0.2) is 106 Å². The second kappa shape index (κ2) is 11.7. The molecule has 0 saturated heterocycles. The SMILES string of the molecule is Cc1ccc(Nc2ccc3cc(SOOO)c(N=Nc4ccc(-c5nc6ccc(C)cc6s5)cc4)c(O)c3c2)cc1. The molecule has 0 aliphatic carbocycles. The van der Waals surface area contributed by atoms with E-state index in [9.17, 15) is 5.11 Å². The van der Waals surface area contributed by atoms with Crippen molar-refractivity contribution in [2.24, 2.45) is 10.2 Å². The summed E-state index contributed by atoms with van der Waals surface area (Å²) in [5, 5.41) is 38.1. The van der Waals surface area contributed by atoms with Crippen molar-refractivity contribution in [1.82, 2.24) is 4.98 Å². The summed E-state index contributed by atoms with van der Waals surface area (Å²) in [6, 6.07) is 29.3. The third kappa shape index (κ3) is 5.92. The number of hydrogen-bond acceptors (Lipinski definition) is 10. The Hall–Kier alpha value is -4.32. The molecule has 3 N–H and O–H groups in total. The van der Waals surface area contributed by atoms with Crippen molar-refractivity contribution in [3.63, 3.8) is 0 Å². The number of thiazole rings is 1. The fourth-order valence-corrected chi connectivity index (χ4v) is 5.93. The third-order valence-corrected chi connectivity index (χ3v) is 8.16. The second-order valence-corrected chi connectivity index (χ2v) is 11.2. The van der Waals surface area contributed by atoms with Gasteiger partial charge in [0.1, 0.15) is 10.7 Å². The normalized spacial score (nSPS) is 11.6. The Morgan fingerprint density at radius 1 is 0.829 bits per heavy atom. The first-order chi connectivity index (χ1) is 20.0. The summed E-state index contributed by atoms with van der Waals surface area (Å²) in [6.45, 7) is 4.10. The summed E-state index contributed by atoms with van der Waals surface area (Å²) in [6.07, 6.45) is 0. The number of benzene rings is 5. The highest BCUT2D eigenvalue weighted by Gasteiger charge is 2.16. The lowest BCUT2D eigenvalue weighted by molar-refractivity contribution is -0.432. The lowest BCUT2D eigenvalue weighted by Crippen LogP contribution is -1.91. The Morgan fingerprint density at radius 3 is 2.37 bits per heavy atom. The monoisotopic (exact) mass is 580 g/mol. The summed E-state index contributed by atoms with van der Waals surface area (Å²) in [7, 11) is 0. The number of nitrogens with one attached hydrogen (secondary N) is 1. The van der Waals surface area contributed by atoms with Gasteiger partial charge in [-0.3, -0.25) is 0 Å². The molecule has 0 aliphatic rings. The summed E-state index contributed by atoms with van der Waals surface area (Å²) < 4.78 is 5.81. The first kappa shape index (κ1) is 26.9. The molecule has 204 valence electrons. The largest absolute Gasteiger partial charge is 0.505 e. The molecule has 0 spiro atoms. The maximum Gasteiger partial charge on any atom is 0.152 e. The molecule has 10 heteroatoms. The third-order valence-electron chi connectivity index (χ3n) is 6.47. The molecule has 0 atom stereocenters. The number of aromatic nitrogens is 1. The van der Waals surface area contributed by atoms with Crippen molar-refractivity contribution in [1.29, 1.82) is 0 Å². The molecule has 0 aliphatic heterocycles. The minimum Gasteiger partial charge on any atom is -0.505 e. The Balaban J connectivity index is 1.30.